The molecule has 124 valence electrons. The van der Waals surface area contributed by atoms with Crippen LogP contribution in [0.4, 0.5) is 0 Å². The highest BCUT2D eigenvalue weighted by molar-refractivity contribution is 6.34. The maximum Gasteiger partial charge on any atom is 0.329 e. The Morgan fingerprint density at radius 1 is 1.17 bits per heavy atom. The maximum absolute atomic E-state index is 11.0. The SMILES string of the molecule is COc1ccc(/C=N\NC(=O)C(N)=O)cc1OCc1ccccc1. The van der Waals surface area contributed by atoms with E-state index in [4.69, 9.17) is 15.2 Å². The standard InChI is InChI=1S/C17H17N3O4/c1-23-14-8-7-13(10-19-20-17(22)16(18)21)9-15(14)24-11-12-5-3-2-4-6-12/h2-10H,11H2,1H3,(H2,18,21)(H,20,22)/b19-10-. The number of carbonyl (C=O) groups is 2. The van der Waals surface area contributed by atoms with Gasteiger partial charge in [0.05, 0.1) is 13.3 Å². The summed E-state index contributed by atoms with van der Waals surface area (Å²) in [4.78, 5) is 21.6. The fourth-order valence-electron chi connectivity index (χ4n) is 1.84. The minimum Gasteiger partial charge on any atom is -0.493 e. The van der Waals surface area contributed by atoms with Crippen molar-refractivity contribution in [2.45, 2.75) is 6.61 Å². The lowest BCUT2D eigenvalue weighted by atomic mass is 10.2. The number of carbonyl (C=O) groups excluding carboxylic acids is 2. The molecule has 3 N–H and O–H groups in total. The van der Waals surface area contributed by atoms with Crippen LogP contribution in [0.5, 0.6) is 11.5 Å². The molecular formula is C17H17N3O4. The molecule has 0 atom stereocenters. The molecular weight excluding hydrogens is 310 g/mol. The van der Waals surface area contributed by atoms with Gasteiger partial charge in [-0.3, -0.25) is 9.59 Å². The molecule has 0 aliphatic heterocycles. The van der Waals surface area contributed by atoms with Gasteiger partial charge in [0.2, 0.25) is 0 Å². The molecule has 0 radical (unpaired) electrons. The lowest BCUT2D eigenvalue weighted by Crippen LogP contribution is -2.32. The number of primary amides is 1. The number of amides is 2. The fourth-order valence-corrected chi connectivity index (χ4v) is 1.84. The van der Waals surface area contributed by atoms with Crippen LogP contribution in [0.2, 0.25) is 0 Å². The van der Waals surface area contributed by atoms with Gasteiger partial charge in [-0.1, -0.05) is 30.3 Å². The predicted octanol–water partition coefficient (Wildman–Crippen LogP) is 1.21. The topological polar surface area (TPSA) is 103 Å². The molecule has 0 aromatic heterocycles. The number of rotatable bonds is 6. The predicted molar refractivity (Wildman–Crippen MR) is 88.7 cm³/mol. The van der Waals surface area contributed by atoms with Gasteiger partial charge in [0.25, 0.3) is 0 Å². The van der Waals surface area contributed by atoms with E-state index in [0.717, 1.165) is 5.56 Å². The van der Waals surface area contributed by atoms with Crippen molar-refractivity contribution in [1.29, 1.82) is 0 Å². The van der Waals surface area contributed by atoms with Gasteiger partial charge in [0, 0.05) is 0 Å². The Kier molecular flexibility index (Phi) is 5.90. The molecule has 7 nitrogen and oxygen atoms in total. The molecule has 0 spiro atoms. The Hall–Kier alpha value is -3.35. The summed E-state index contributed by atoms with van der Waals surface area (Å²) >= 11 is 0. The zero-order chi connectivity index (χ0) is 17.4. The van der Waals surface area contributed by atoms with E-state index in [9.17, 15) is 9.59 Å². The molecule has 0 fully saturated rings. The van der Waals surface area contributed by atoms with Crippen LogP contribution in [0, 0.1) is 0 Å². The quantitative estimate of drug-likeness (QED) is 0.473. The number of ether oxygens (including phenoxy) is 2. The summed E-state index contributed by atoms with van der Waals surface area (Å²) in [5, 5.41) is 3.66. The van der Waals surface area contributed by atoms with Gasteiger partial charge in [0.1, 0.15) is 6.61 Å². The second-order valence-electron chi connectivity index (χ2n) is 4.75. The average Bonchev–Trinajstić information content (AvgIpc) is 2.60. The molecule has 0 heterocycles. The molecule has 0 aliphatic rings. The summed E-state index contributed by atoms with van der Waals surface area (Å²) in [6.45, 7) is 0.385. The Morgan fingerprint density at radius 3 is 2.58 bits per heavy atom. The van der Waals surface area contributed by atoms with E-state index < -0.39 is 11.8 Å². The summed E-state index contributed by atoms with van der Waals surface area (Å²) in [7, 11) is 1.55. The average molecular weight is 327 g/mol. The number of nitrogens with two attached hydrogens (primary N) is 1. The van der Waals surface area contributed by atoms with Crippen LogP contribution in [0.3, 0.4) is 0 Å². The molecule has 0 aliphatic carbocycles. The molecule has 2 aromatic rings. The second-order valence-corrected chi connectivity index (χ2v) is 4.75. The van der Waals surface area contributed by atoms with Crippen molar-refractivity contribution in [3.8, 4) is 11.5 Å². The lowest BCUT2D eigenvalue weighted by Gasteiger charge is -2.11. The van der Waals surface area contributed by atoms with E-state index in [-0.39, 0.29) is 0 Å². The first-order valence-electron chi connectivity index (χ1n) is 7.07. The van der Waals surface area contributed by atoms with E-state index in [0.29, 0.717) is 23.7 Å². The van der Waals surface area contributed by atoms with Crippen LogP contribution in [-0.4, -0.2) is 25.1 Å². The number of hydrogen-bond acceptors (Lipinski definition) is 5. The zero-order valence-corrected chi connectivity index (χ0v) is 13.1. The van der Waals surface area contributed by atoms with Crippen LogP contribution in [0.1, 0.15) is 11.1 Å². The third-order valence-electron chi connectivity index (χ3n) is 3.03. The molecule has 2 rings (SSSR count). The Balaban J connectivity index is 2.07. The van der Waals surface area contributed by atoms with Gasteiger partial charge >= 0.3 is 11.8 Å². The second kappa shape index (κ2) is 8.33. The normalized spacial score (nSPS) is 10.4. The van der Waals surface area contributed by atoms with Crippen molar-refractivity contribution in [3.05, 3.63) is 59.7 Å². The number of methoxy groups -OCH3 is 1. The van der Waals surface area contributed by atoms with Crippen molar-refractivity contribution in [2.24, 2.45) is 10.8 Å². The Bertz CT molecular complexity index is 745. The van der Waals surface area contributed by atoms with Crippen LogP contribution in [0.25, 0.3) is 0 Å². The minimum absolute atomic E-state index is 0.385. The molecule has 0 unspecified atom stereocenters. The number of nitrogens with one attached hydrogen (secondary N) is 1. The molecule has 2 amide bonds. The van der Waals surface area contributed by atoms with E-state index >= 15 is 0 Å². The van der Waals surface area contributed by atoms with E-state index in [1.165, 1.54) is 6.21 Å². The molecule has 0 saturated carbocycles. The first-order valence-corrected chi connectivity index (χ1v) is 7.07. The highest BCUT2D eigenvalue weighted by Crippen LogP contribution is 2.28. The number of hydrogen-bond donors (Lipinski definition) is 2. The van der Waals surface area contributed by atoms with Gasteiger partial charge in [-0.2, -0.15) is 5.10 Å². The highest BCUT2D eigenvalue weighted by Gasteiger charge is 2.07. The van der Waals surface area contributed by atoms with Crippen LogP contribution in [0.15, 0.2) is 53.6 Å². The molecule has 24 heavy (non-hydrogen) atoms. The van der Waals surface area contributed by atoms with Gasteiger partial charge in [0.15, 0.2) is 11.5 Å². The van der Waals surface area contributed by atoms with Gasteiger partial charge in [-0.15, -0.1) is 0 Å². The van der Waals surface area contributed by atoms with Crippen LogP contribution < -0.4 is 20.6 Å². The van der Waals surface area contributed by atoms with Crippen molar-refractivity contribution < 1.29 is 19.1 Å². The lowest BCUT2D eigenvalue weighted by molar-refractivity contribution is -0.137. The summed E-state index contributed by atoms with van der Waals surface area (Å²) < 4.78 is 11.0. The number of hydrazone groups is 1. The third kappa shape index (κ3) is 4.84. The smallest absolute Gasteiger partial charge is 0.329 e. The minimum atomic E-state index is -1.10. The first-order chi connectivity index (χ1) is 11.6. The van der Waals surface area contributed by atoms with Gasteiger partial charge < -0.3 is 15.2 Å². The van der Waals surface area contributed by atoms with Crippen molar-refractivity contribution in [1.82, 2.24) is 5.43 Å². The first kappa shape index (κ1) is 17.0. The number of nitrogens with zero attached hydrogens (tertiary/aromatic N) is 1. The summed E-state index contributed by atoms with van der Waals surface area (Å²) in [6, 6.07) is 14.9. The van der Waals surface area contributed by atoms with Crippen molar-refractivity contribution in [2.75, 3.05) is 7.11 Å². The molecule has 0 saturated heterocycles. The summed E-state index contributed by atoms with van der Waals surface area (Å²) in [6.07, 6.45) is 1.37. The summed E-state index contributed by atoms with van der Waals surface area (Å²) in [5.74, 6) is -0.982. The van der Waals surface area contributed by atoms with Crippen molar-refractivity contribution >= 4 is 18.0 Å². The Labute approximate surface area is 139 Å². The fraction of sp³-hybridized carbons (Fsp3) is 0.118. The highest BCUT2D eigenvalue weighted by atomic mass is 16.5. The van der Waals surface area contributed by atoms with Gasteiger partial charge in [-0.25, -0.2) is 5.43 Å². The third-order valence-corrected chi connectivity index (χ3v) is 3.03. The van der Waals surface area contributed by atoms with E-state index in [1.807, 2.05) is 35.8 Å². The van der Waals surface area contributed by atoms with Crippen molar-refractivity contribution in [3.63, 3.8) is 0 Å². The molecule has 0 bridgehead atoms. The van der Waals surface area contributed by atoms with Gasteiger partial charge in [-0.05, 0) is 29.3 Å². The maximum atomic E-state index is 11.0. The zero-order valence-electron chi connectivity index (χ0n) is 13.1. The monoisotopic (exact) mass is 327 g/mol. The summed E-state index contributed by atoms with van der Waals surface area (Å²) in [5.41, 5.74) is 8.51. The molecule has 2 aromatic carbocycles. The van der Waals surface area contributed by atoms with E-state index in [2.05, 4.69) is 5.10 Å². The number of benzene rings is 2. The Morgan fingerprint density at radius 2 is 1.92 bits per heavy atom. The van der Waals surface area contributed by atoms with E-state index in [1.54, 1.807) is 25.3 Å². The molecule has 7 heteroatoms. The largest absolute Gasteiger partial charge is 0.493 e. The van der Waals surface area contributed by atoms with Crippen LogP contribution in [-0.2, 0) is 16.2 Å². The van der Waals surface area contributed by atoms with Crippen LogP contribution >= 0.6 is 0 Å².